The number of rotatable bonds is 2. The first-order valence-electron chi connectivity index (χ1n) is 6.61. The van der Waals surface area contributed by atoms with Crippen molar-refractivity contribution in [3.63, 3.8) is 0 Å². The Kier molecular flexibility index (Phi) is 4.17. The van der Waals surface area contributed by atoms with Crippen molar-refractivity contribution < 1.29 is 13.2 Å². The molecule has 1 fully saturated rings. The zero-order valence-electron chi connectivity index (χ0n) is 11.8. The maximum absolute atomic E-state index is 12.8. The van der Waals surface area contributed by atoms with Gasteiger partial charge >= 0.3 is 6.18 Å². The van der Waals surface area contributed by atoms with Crippen LogP contribution in [0.25, 0.3) is 0 Å². The van der Waals surface area contributed by atoms with Crippen molar-refractivity contribution in [2.45, 2.75) is 44.9 Å². The second-order valence-corrected chi connectivity index (χ2v) is 5.38. The molecule has 7 heteroatoms. The minimum Gasteiger partial charge on any atom is -0.350 e. The normalized spacial score (nSPS) is 24.7. The van der Waals surface area contributed by atoms with E-state index in [0.717, 1.165) is 11.3 Å². The molecule has 0 unspecified atom stereocenters. The SMILES string of the molecule is Cc1cnc(N[C@H]2CC[C@@H](C(F)(F)F)N(C)C2)nc1C. The Balaban J connectivity index is 1.98. The monoisotopic (exact) mass is 288 g/mol. The van der Waals surface area contributed by atoms with E-state index < -0.39 is 12.2 Å². The third kappa shape index (κ3) is 3.39. The fourth-order valence-electron chi connectivity index (χ4n) is 2.46. The smallest absolute Gasteiger partial charge is 0.350 e. The van der Waals surface area contributed by atoms with E-state index in [9.17, 15) is 13.2 Å². The summed E-state index contributed by atoms with van der Waals surface area (Å²) in [4.78, 5) is 9.81. The van der Waals surface area contributed by atoms with E-state index in [2.05, 4.69) is 15.3 Å². The van der Waals surface area contributed by atoms with Crippen molar-refractivity contribution in [2.24, 2.45) is 0 Å². The van der Waals surface area contributed by atoms with Gasteiger partial charge in [-0.05, 0) is 39.3 Å². The number of piperidine rings is 1. The third-order valence-electron chi connectivity index (χ3n) is 3.76. The molecule has 2 heterocycles. The highest BCUT2D eigenvalue weighted by atomic mass is 19.4. The van der Waals surface area contributed by atoms with Crippen molar-refractivity contribution in [3.8, 4) is 0 Å². The number of anilines is 1. The summed E-state index contributed by atoms with van der Waals surface area (Å²) in [6, 6.07) is -1.40. The van der Waals surface area contributed by atoms with Gasteiger partial charge in [-0.25, -0.2) is 9.97 Å². The minimum absolute atomic E-state index is 0.0549. The molecule has 0 bridgehead atoms. The average Bonchev–Trinajstić information content (AvgIpc) is 2.32. The van der Waals surface area contributed by atoms with Crippen LogP contribution in [-0.4, -0.2) is 46.7 Å². The summed E-state index contributed by atoms with van der Waals surface area (Å²) in [6.45, 7) is 4.14. The van der Waals surface area contributed by atoms with Crippen molar-refractivity contribution in [1.29, 1.82) is 0 Å². The summed E-state index contributed by atoms with van der Waals surface area (Å²) in [5.41, 5.74) is 1.87. The van der Waals surface area contributed by atoms with Gasteiger partial charge in [0, 0.05) is 24.5 Å². The maximum Gasteiger partial charge on any atom is 0.404 e. The van der Waals surface area contributed by atoms with E-state index in [0.29, 0.717) is 18.9 Å². The summed E-state index contributed by atoms with van der Waals surface area (Å²) in [6.07, 6.45) is -1.88. The Morgan fingerprint density at radius 1 is 1.30 bits per heavy atom. The van der Waals surface area contributed by atoms with E-state index in [4.69, 9.17) is 0 Å². The summed E-state index contributed by atoms with van der Waals surface area (Å²) < 4.78 is 38.3. The molecule has 1 saturated heterocycles. The Labute approximate surface area is 116 Å². The maximum atomic E-state index is 12.8. The molecule has 0 radical (unpaired) electrons. The van der Waals surface area contributed by atoms with Crippen LogP contribution in [0.1, 0.15) is 24.1 Å². The molecule has 112 valence electrons. The quantitative estimate of drug-likeness (QED) is 0.908. The van der Waals surface area contributed by atoms with Crippen LogP contribution in [0.3, 0.4) is 0 Å². The first-order valence-corrected chi connectivity index (χ1v) is 6.61. The zero-order valence-corrected chi connectivity index (χ0v) is 11.8. The van der Waals surface area contributed by atoms with Gasteiger partial charge in [0.05, 0.1) is 0 Å². The average molecular weight is 288 g/mol. The number of likely N-dealkylation sites (N-methyl/N-ethyl adjacent to an activating group) is 1. The van der Waals surface area contributed by atoms with Crippen molar-refractivity contribution >= 4 is 5.95 Å². The van der Waals surface area contributed by atoms with Crippen molar-refractivity contribution in [1.82, 2.24) is 14.9 Å². The molecule has 0 aromatic carbocycles. The number of hydrogen-bond acceptors (Lipinski definition) is 4. The van der Waals surface area contributed by atoms with Crippen LogP contribution in [-0.2, 0) is 0 Å². The topological polar surface area (TPSA) is 41.1 Å². The number of nitrogens with one attached hydrogen (secondary N) is 1. The molecule has 0 amide bonds. The van der Waals surface area contributed by atoms with E-state index in [1.165, 1.54) is 11.9 Å². The molecule has 1 aliphatic heterocycles. The molecule has 20 heavy (non-hydrogen) atoms. The fraction of sp³-hybridized carbons (Fsp3) is 0.692. The lowest BCUT2D eigenvalue weighted by Crippen LogP contribution is -2.52. The molecule has 2 rings (SSSR count). The lowest BCUT2D eigenvalue weighted by atomic mass is 9.98. The van der Waals surface area contributed by atoms with Crippen LogP contribution in [0.4, 0.5) is 19.1 Å². The van der Waals surface area contributed by atoms with Gasteiger partial charge in [0.25, 0.3) is 0 Å². The van der Waals surface area contributed by atoms with Crippen LogP contribution >= 0.6 is 0 Å². The molecule has 1 aliphatic rings. The van der Waals surface area contributed by atoms with Crippen molar-refractivity contribution in [2.75, 3.05) is 18.9 Å². The highest BCUT2D eigenvalue weighted by molar-refractivity contribution is 5.30. The number of likely N-dealkylation sites (tertiary alicyclic amines) is 1. The van der Waals surface area contributed by atoms with Crippen LogP contribution in [0, 0.1) is 13.8 Å². The molecule has 4 nitrogen and oxygen atoms in total. The van der Waals surface area contributed by atoms with Gasteiger partial charge < -0.3 is 5.32 Å². The van der Waals surface area contributed by atoms with Crippen LogP contribution in [0.2, 0.25) is 0 Å². The summed E-state index contributed by atoms with van der Waals surface area (Å²) in [5, 5.41) is 3.12. The molecule has 1 aromatic heterocycles. The van der Waals surface area contributed by atoms with Crippen LogP contribution < -0.4 is 5.32 Å². The number of aromatic nitrogens is 2. The molecular weight excluding hydrogens is 269 g/mol. The third-order valence-corrected chi connectivity index (χ3v) is 3.76. The molecule has 0 aliphatic carbocycles. The second kappa shape index (κ2) is 5.55. The summed E-state index contributed by atoms with van der Waals surface area (Å²) >= 11 is 0. The zero-order chi connectivity index (χ0) is 14.9. The number of halogens is 3. The van der Waals surface area contributed by atoms with E-state index in [-0.39, 0.29) is 12.5 Å². The second-order valence-electron chi connectivity index (χ2n) is 5.38. The van der Waals surface area contributed by atoms with Crippen LogP contribution in [0.5, 0.6) is 0 Å². The molecular formula is C13H19F3N4. The van der Waals surface area contributed by atoms with Crippen LogP contribution in [0.15, 0.2) is 6.20 Å². The Morgan fingerprint density at radius 3 is 2.55 bits per heavy atom. The Morgan fingerprint density at radius 2 is 2.00 bits per heavy atom. The lowest BCUT2D eigenvalue weighted by molar-refractivity contribution is -0.187. The largest absolute Gasteiger partial charge is 0.404 e. The number of alkyl halides is 3. The first-order chi connectivity index (χ1) is 9.27. The molecule has 1 N–H and O–H groups in total. The summed E-state index contributed by atoms with van der Waals surface area (Å²) in [7, 11) is 1.51. The number of nitrogens with zero attached hydrogens (tertiary/aromatic N) is 3. The van der Waals surface area contributed by atoms with Gasteiger partial charge in [-0.15, -0.1) is 0 Å². The van der Waals surface area contributed by atoms with Crippen molar-refractivity contribution in [3.05, 3.63) is 17.5 Å². The number of aryl methyl sites for hydroxylation is 2. The Hall–Kier alpha value is -1.37. The standard InChI is InChI=1S/C13H19F3N4/c1-8-6-17-12(18-9(8)2)19-10-4-5-11(13(14,15)16)20(3)7-10/h6,10-11H,4-5,7H2,1-3H3,(H,17,18,19)/t10-,11-/m0/s1. The number of hydrogen-bond donors (Lipinski definition) is 1. The van der Waals surface area contributed by atoms with E-state index >= 15 is 0 Å². The minimum atomic E-state index is -4.16. The fourth-order valence-corrected chi connectivity index (χ4v) is 2.46. The Bertz CT molecular complexity index is 475. The van der Waals surface area contributed by atoms with Gasteiger partial charge in [-0.2, -0.15) is 13.2 Å². The van der Waals surface area contributed by atoms with Gasteiger partial charge in [-0.3, -0.25) is 4.90 Å². The molecule has 0 spiro atoms. The van der Waals surface area contributed by atoms with Gasteiger partial charge in [0.15, 0.2) is 0 Å². The summed E-state index contributed by atoms with van der Waals surface area (Å²) in [5.74, 6) is 0.483. The van der Waals surface area contributed by atoms with Gasteiger partial charge in [0.2, 0.25) is 5.95 Å². The highest BCUT2D eigenvalue weighted by Gasteiger charge is 2.44. The molecule has 2 atom stereocenters. The van der Waals surface area contributed by atoms with Gasteiger partial charge in [-0.1, -0.05) is 0 Å². The molecule has 0 saturated carbocycles. The predicted octanol–water partition coefficient (Wildman–Crippen LogP) is 2.53. The predicted molar refractivity (Wildman–Crippen MR) is 70.6 cm³/mol. The molecule has 1 aromatic rings. The lowest BCUT2D eigenvalue weighted by Gasteiger charge is -2.38. The highest BCUT2D eigenvalue weighted by Crippen LogP contribution is 2.31. The van der Waals surface area contributed by atoms with E-state index in [1.54, 1.807) is 6.20 Å². The first kappa shape index (κ1) is 15.0. The van der Waals surface area contributed by atoms with E-state index in [1.807, 2.05) is 13.8 Å². The van der Waals surface area contributed by atoms with Gasteiger partial charge in [0.1, 0.15) is 6.04 Å².